The molecule has 3 nitrogen and oxygen atoms in total. The zero-order chi connectivity index (χ0) is 12.7. The third kappa shape index (κ3) is 1.99. The van der Waals surface area contributed by atoms with Crippen molar-refractivity contribution in [2.75, 3.05) is 0 Å². The summed E-state index contributed by atoms with van der Waals surface area (Å²) >= 11 is 0. The van der Waals surface area contributed by atoms with Crippen LogP contribution in [0.2, 0.25) is 0 Å². The molecule has 2 fully saturated rings. The minimum absolute atomic E-state index is 0.431. The van der Waals surface area contributed by atoms with Crippen molar-refractivity contribution in [3.8, 4) is 0 Å². The zero-order valence-electron chi connectivity index (χ0n) is 10.9. The summed E-state index contributed by atoms with van der Waals surface area (Å²) in [7, 11) is 0. The molecule has 2 aliphatic carbocycles. The average Bonchev–Trinajstić information content (AvgIpc) is 2.64. The highest BCUT2D eigenvalue weighted by atomic mass is 16.4. The van der Waals surface area contributed by atoms with Crippen LogP contribution in [-0.2, 0) is 4.79 Å². The Hall–Kier alpha value is -0.570. The van der Waals surface area contributed by atoms with E-state index in [1.165, 1.54) is 0 Å². The summed E-state index contributed by atoms with van der Waals surface area (Å²) in [4.78, 5) is 11.7. The first-order valence-electron chi connectivity index (χ1n) is 6.85. The lowest BCUT2D eigenvalue weighted by Gasteiger charge is -2.48. The van der Waals surface area contributed by atoms with Gasteiger partial charge in [-0.05, 0) is 43.9 Å². The van der Waals surface area contributed by atoms with E-state index in [-0.39, 0.29) is 0 Å². The van der Waals surface area contributed by atoms with Gasteiger partial charge in [-0.2, -0.15) is 0 Å². The van der Waals surface area contributed by atoms with E-state index in [4.69, 9.17) is 0 Å². The first-order chi connectivity index (χ1) is 7.90. The average molecular weight is 240 g/mol. The molecule has 0 radical (unpaired) electrons. The molecule has 2 rings (SSSR count). The lowest BCUT2D eigenvalue weighted by Crippen LogP contribution is -2.55. The number of hydrogen-bond acceptors (Lipinski definition) is 2. The van der Waals surface area contributed by atoms with E-state index in [9.17, 15) is 15.0 Å². The molecule has 0 spiro atoms. The Morgan fingerprint density at radius 2 is 1.59 bits per heavy atom. The van der Waals surface area contributed by atoms with E-state index >= 15 is 0 Å². The molecule has 0 aromatic rings. The van der Waals surface area contributed by atoms with Crippen molar-refractivity contribution in [2.24, 2.45) is 17.3 Å². The number of rotatable bonds is 2. The number of aliphatic hydroxyl groups is 1. The van der Waals surface area contributed by atoms with E-state index in [1.54, 1.807) is 0 Å². The van der Waals surface area contributed by atoms with Gasteiger partial charge in [-0.3, -0.25) is 4.79 Å². The number of carboxylic acids is 1. The van der Waals surface area contributed by atoms with Gasteiger partial charge in [0.1, 0.15) is 0 Å². The predicted molar refractivity (Wildman–Crippen MR) is 65.7 cm³/mol. The fourth-order valence-electron chi connectivity index (χ4n) is 4.34. The fourth-order valence-corrected chi connectivity index (χ4v) is 4.34. The summed E-state index contributed by atoms with van der Waals surface area (Å²) in [6.07, 6.45) is 5.61. The maximum Gasteiger partial charge on any atom is 0.312 e. The van der Waals surface area contributed by atoms with Gasteiger partial charge < -0.3 is 10.2 Å². The van der Waals surface area contributed by atoms with E-state index in [0.29, 0.717) is 37.5 Å². The van der Waals surface area contributed by atoms with Gasteiger partial charge in [-0.1, -0.05) is 26.7 Å². The Morgan fingerprint density at radius 3 is 2.00 bits per heavy atom. The summed E-state index contributed by atoms with van der Waals surface area (Å²) in [6.45, 7) is 4.26. The van der Waals surface area contributed by atoms with E-state index in [1.807, 2.05) is 0 Å². The van der Waals surface area contributed by atoms with Gasteiger partial charge in [-0.25, -0.2) is 0 Å². The molecule has 3 heteroatoms. The monoisotopic (exact) mass is 240 g/mol. The largest absolute Gasteiger partial charge is 0.481 e. The van der Waals surface area contributed by atoms with Gasteiger partial charge in [-0.15, -0.1) is 0 Å². The number of hydrogen-bond donors (Lipinski definition) is 2. The highest BCUT2D eigenvalue weighted by Gasteiger charge is 2.58. The maximum atomic E-state index is 11.7. The van der Waals surface area contributed by atoms with Crippen LogP contribution in [0.5, 0.6) is 0 Å². The Kier molecular flexibility index (Phi) is 3.23. The minimum Gasteiger partial charge on any atom is -0.481 e. The fraction of sp³-hybridized carbons (Fsp3) is 0.929. The summed E-state index contributed by atoms with van der Waals surface area (Å²) in [5.74, 6) is 0.0833. The Balaban J connectivity index is 2.31. The molecule has 2 aliphatic rings. The second kappa shape index (κ2) is 4.27. The molecule has 2 unspecified atom stereocenters. The highest BCUT2D eigenvalue weighted by Crippen LogP contribution is 2.54. The molecule has 0 aromatic heterocycles. The van der Waals surface area contributed by atoms with Crippen molar-refractivity contribution in [2.45, 2.75) is 64.4 Å². The van der Waals surface area contributed by atoms with Gasteiger partial charge in [0.25, 0.3) is 0 Å². The second-order valence-electron chi connectivity index (χ2n) is 6.48. The van der Waals surface area contributed by atoms with Crippen LogP contribution in [0.15, 0.2) is 0 Å². The van der Waals surface area contributed by atoms with Gasteiger partial charge in [0.05, 0.1) is 11.0 Å². The van der Waals surface area contributed by atoms with Crippen molar-refractivity contribution in [3.05, 3.63) is 0 Å². The summed E-state index contributed by atoms with van der Waals surface area (Å²) in [6, 6.07) is 0. The molecule has 2 atom stereocenters. The Labute approximate surface area is 103 Å². The molecule has 17 heavy (non-hydrogen) atoms. The highest BCUT2D eigenvalue weighted by molar-refractivity contribution is 5.76. The van der Waals surface area contributed by atoms with Crippen molar-refractivity contribution in [1.29, 1.82) is 0 Å². The predicted octanol–water partition coefficient (Wildman–Crippen LogP) is 2.82. The topological polar surface area (TPSA) is 57.5 Å². The summed E-state index contributed by atoms with van der Waals surface area (Å²) in [5.41, 5.74) is -1.84. The normalized spacial score (nSPS) is 41.4. The lowest BCUT2D eigenvalue weighted by molar-refractivity contribution is -0.179. The first-order valence-corrected chi connectivity index (χ1v) is 6.85. The number of carboxylic acid groups (broad SMARTS) is 1. The van der Waals surface area contributed by atoms with Gasteiger partial charge in [0.2, 0.25) is 0 Å². The number of carbonyl (C=O) groups is 1. The third-order valence-corrected chi connectivity index (χ3v) is 4.93. The molecule has 0 saturated heterocycles. The van der Waals surface area contributed by atoms with Crippen molar-refractivity contribution < 1.29 is 15.0 Å². The van der Waals surface area contributed by atoms with Gasteiger partial charge >= 0.3 is 5.97 Å². The van der Waals surface area contributed by atoms with Crippen LogP contribution in [0.1, 0.15) is 58.8 Å². The van der Waals surface area contributed by atoms with Crippen LogP contribution in [0.3, 0.4) is 0 Å². The zero-order valence-corrected chi connectivity index (χ0v) is 10.9. The molecule has 0 heterocycles. The van der Waals surface area contributed by atoms with Crippen LogP contribution in [0, 0.1) is 17.3 Å². The molecule has 2 N–H and O–H groups in total. The van der Waals surface area contributed by atoms with Crippen molar-refractivity contribution >= 4 is 5.97 Å². The van der Waals surface area contributed by atoms with E-state index < -0.39 is 17.0 Å². The van der Waals surface area contributed by atoms with Crippen LogP contribution >= 0.6 is 0 Å². The van der Waals surface area contributed by atoms with E-state index in [2.05, 4.69) is 13.8 Å². The summed E-state index contributed by atoms with van der Waals surface area (Å²) < 4.78 is 0. The Morgan fingerprint density at radius 1 is 1.12 bits per heavy atom. The maximum absolute atomic E-state index is 11.7. The lowest BCUT2D eigenvalue weighted by atomic mass is 9.60. The SMILES string of the molecule is CC1CC(C)CC(O)(C2(C(=O)O)CCCC2)C1. The molecule has 0 aromatic carbocycles. The molecule has 98 valence electrons. The smallest absolute Gasteiger partial charge is 0.312 e. The summed E-state index contributed by atoms with van der Waals surface area (Å²) in [5, 5.41) is 20.5. The second-order valence-corrected chi connectivity index (χ2v) is 6.48. The molecule has 0 amide bonds. The van der Waals surface area contributed by atoms with Crippen LogP contribution in [0.25, 0.3) is 0 Å². The standard InChI is InChI=1S/C14H24O3/c1-10-7-11(2)9-14(17,8-10)13(12(15)16)5-3-4-6-13/h10-11,17H,3-9H2,1-2H3,(H,15,16). The molecule has 0 aliphatic heterocycles. The van der Waals surface area contributed by atoms with Gasteiger partial charge in [0, 0.05) is 0 Å². The van der Waals surface area contributed by atoms with Gasteiger partial charge in [0.15, 0.2) is 0 Å². The quantitative estimate of drug-likeness (QED) is 0.780. The van der Waals surface area contributed by atoms with Crippen molar-refractivity contribution in [1.82, 2.24) is 0 Å². The van der Waals surface area contributed by atoms with Crippen LogP contribution in [0.4, 0.5) is 0 Å². The third-order valence-electron chi connectivity index (χ3n) is 4.93. The van der Waals surface area contributed by atoms with Crippen LogP contribution < -0.4 is 0 Å². The first kappa shape index (κ1) is 12.9. The minimum atomic E-state index is -0.980. The molecular formula is C14H24O3. The van der Waals surface area contributed by atoms with Crippen LogP contribution in [-0.4, -0.2) is 21.8 Å². The molecular weight excluding hydrogens is 216 g/mol. The molecule has 2 saturated carbocycles. The number of aliphatic carboxylic acids is 1. The van der Waals surface area contributed by atoms with Crippen molar-refractivity contribution in [3.63, 3.8) is 0 Å². The molecule has 0 bridgehead atoms. The Bertz CT molecular complexity index is 295. The van der Waals surface area contributed by atoms with E-state index in [0.717, 1.165) is 19.3 Å².